The quantitative estimate of drug-likeness (QED) is 0.712. The van der Waals surface area contributed by atoms with Gasteiger partial charge < -0.3 is 15.5 Å². The van der Waals surface area contributed by atoms with E-state index in [2.05, 4.69) is 12.2 Å². The zero-order valence-corrected chi connectivity index (χ0v) is 9.07. The molecule has 1 aliphatic rings. The third kappa shape index (κ3) is 2.42. The summed E-state index contributed by atoms with van der Waals surface area (Å²) in [6, 6.07) is 5.47. The van der Waals surface area contributed by atoms with Crippen molar-refractivity contribution in [1.82, 2.24) is 5.32 Å². The Morgan fingerprint density at radius 3 is 2.27 bits per heavy atom. The molecule has 0 aromatic heterocycles. The van der Waals surface area contributed by atoms with Crippen LogP contribution >= 0.6 is 0 Å². The Kier molecular flexibility index (Phi) is 2.57. The number of hydrogen-bond acceptors (Lipinski definition) is 3. The SMILES string of the molecule is CC(NC1CC1C)c1cc(O)cc(O)c1. The van der Waals surface area contributed by atoms with Crippen LogP contribution in [-0.2, 0) is 0 Å². The molecule has 3 N–H and O–H groups in total. The van der Waals surface area contributed by atoms with Gasteiger partial charge in [0.2, 0.25) is 0 Å². The van der Waals surface area contributed by atoms with Crippen LogP contribution < -0.4 is 5.32 Å². The molecule has 0 bridgehead atoms. The molecule has 0 radical (unpaired) electrons. The minimum absolute atomic E-state index is 0.113. The fourth-order valence-corrected chi connectivity index (χ4v) is 1.84. The van der Waals surface area contributed by atoms with Gasteiger partial charge in [0.25, 0.3) is 0 Å². The van der Waals surface area contributed by atoms with Gasteiger partial charge in [-0.3, -0.25) is 0 Å². The number of nitrogens with one attached hydrogen (secondary N) is 1. The topological polar surface area (TPSA) is 52.5 Å². The van der Waals surface area contributed by atoms with Gasteiger partial charge in [-0.1, -0.05) is 6.92 Å². The predicted octanol–water partition coefficient (Wildman–Crippen LogP) is 2.16. The molecule has 3 nitrogen and oxygen atoms in total. The number of aromatic hydroxyl groups is 2. The standard InChI is InChI=1S/C12H17NO2/c1-7-3-12(7)13-8(2)9-4-10(14)6-11(15)5-9/h4-8,12-15H,3H2,1-2H3. The summed E-state index contributed by atoms with van der Waals surface area (Å²) in [5, 5.41) is 22.2. The van der Waals surface area contributed by atoms with Crippen molar-refractivity contribution in [3.63, 3.8) is 0 Å². The third-order valence-corrected chi connectivity index (χ3v) is 3.00. The van der Waals surface area contributed by atoms with Crippen molar-refractivity contribution >= 4 is 0 Å². The molecule has 1 aromatic rings. The highest BCUT2D eigenvalue weighted by Crippen LogP contribution is 2.32. The van der Waals surface area contributed by atoms with Crippen LogP contribution in [0.1, 0.15) is 31.9 Å². The van der Waals surface area contributed by atoms with E-state index in [-0.39, 0.29) is 17.5 Å². The second kappa shape index (κ2) is 3.74. The Hall–Kier alpha value is -1.22. The highest BCUT2D eigenvalue weighted by Gasteiger charge is 2.33. The van der Waals surface area contributed by atoms with E-state index in [1.54, 1.807) is 12.1 Å². The molecular weight excluding hydrogens is 190 g/mol. The van der Waals surface area contributed by atoms with Gasteiger partial charge in [0.15, 0.2) is 0 Å². The van der Waals surface area contributed by atoms with Crippen LogP contribution in [-0.4, -0.2) is 16.3 Å². The minimum Gasteiger partial charge on any atom is -0.508 e. The first-order valence-corrected chi connectivity index (χ1v) is 5.35. The van der Waals surface area contributed by atoms with E-state index in [1.165, 1.54) is 12.5 Å². The second-order valence-electron chi connectivity index (χ2n) is 4.49. The van der Waals surface area contributed by atoms with Crippen molar-refractivity contribution in [2.45, 2.75) is 32.4 Å². The molecule has 3 heteroatoms. The molecule has 0 aliphatic heterocycles. The lowest BCUT2D eigenvalue weighted by Crippen LogP contribution is -2.21. The molecule has 1 saturated carbocycles. The average Bonchev–Trinajstić information content (AvgIpc) is 2.79. The lowest BCUT2D eigenvalue weighted by molar-refractivity contribution is 0.445. The van der Waals surface area contributed by atoms with Crippen molar-refractivity contribution < 1.29 is 10.2 Å². The highest BCUT2D eigenvalue weighted by atomic mass is 16.3. The van der Waals surface area contributed by atoms with E-state index >= 15 is 0 Å². The highest BCUT2D eigenvalue weighted by molar-refractivity contribution is 5.38. The Morgan fingerprint density at radius 1 is 1.27 bits per heavy atom. The molecule has 0 amide bonds. The fraction of sp³-hybridized carbons (Fsp3) is 0.500. The van der Waals surface area contributed by atoms with E-state index in [9.17, 15) is 10.2 Å². The second-order valence-corrected chi connectivity index (χ2v) is 4.49. The number of benzene rings is 1. The summed E-state index contributed by atoms with van der Waals surface area (Å²) in [4.78, 5) is 0. The van der Waals surface area contributed by atoms with Crippen LogP contribution in [0.3, 0.4) is 0 Å². The molecule has 1 aliphatic carbocycles. The first-order chi connectivity index (χ1) is 7.06. The van der Waals surface area contributed by atoms with Gasteiger partial charge >= 0.3 is 0 Å². The van der Waals surface area contributed by atoms with Gasteiger partial charge in [-0.05, 0) is 37.0 Å². The molecule has 0 spiro atoms. The molecule has 0 saturated heterocycles. The van der Waals surface area contributed by atoms with Crippen molar-refractivity contribution in [2.75, 3.05) is 0 Å². The summed E-state index contributed by atoms with van der Waals surface area (Å²) in [6.45, 7) is 4.25. The Labute approximate surface area is 89.8 Å². The zero-order valence-electron chi connectivity index (χ0n) is 9.07. The lowest BCUT2D eigenvalue weighted by atomic mass is 10.1. The molecule has 3 atom stereocenters. The fourth-order valence-electron chi connectivity index (χ4n) is 1.84. The first kappa shape index (κ1) is 10.3. The number of phenolic OH excluding ortho intramolecular Hbond substituents is 2. The maximum absolute atomic E-state index is 9.36. The monoisotopic (exact) mass is 207 g/mol. The first-order valence-electron chi connectivity index (χ1n) is 5.35. The maximum atomic E-state index is 9.36. The van der Waals surface area contributed by atoms with Gasteiger partial charge in [-0.25, -0.2) is 0 Å². The maximum Gasteiger partial charge on any atom is 0.119 e. The van der Waals surface area contributed by atoms with E-state index in [1.807, 2.05) is 6.92 Å². The number of phenols is 2. The predicted molar refractivity (Wildman–Crippen MR) is 58.9 cm³/mol. The van der Waals surface area contributed by atoms with Crippen LogP contribution in [0, 0.1) is 5.92 Å². The van der Waals surface area contributed by atoms with Crippen LogP contribution in [0.4, 0.5) is 0 Å². The summed E-state index contributed by atoms with van der Waals surface area (Å²) >= 11 is 0. The van der Waals surface area contributed by atoms with Gasteiger partial charge in [-0.2, -0.15) is 0 Å². The van der Waals surface area contributed by atoms with Crippen molar-refractivity contribution in [1.29, 1.82) is 0 Å². The van der Waals surface area contributed by atoms with Gasteiger partial charge in [0, 0.05) is 18.2 Å². The minimum atomic E-state index is 0.113. The molecule has 1 fully saturated rings. The van der Waals surface area contributed by atoms with E-state index in [4.69, 9.17) is 0 Å². The Bertz CT molecular complexity index is 344. The normalized spacial score (nSPS) is 26.3. The summed E-state index contributed by atoms with van der Waals surface area (Å²) in [5.41, 5.74) is 0.923. The van der Waals surface area contributed by atoms with Crippen molar-refractivity contribution in [3.05, 3.63) is 23.8 Å². The van der Waals surface area contributed by atoms with Crippen molar-refractivity contribution in [3.8, 4) is 11.5 Å². The lowest BCUT2D eigenvalue weighted by Gasteiger charge is -2.14. The molecule has 15 heavy (non-hydrogen) atoms. The smallest absolute Gasteiger partial charge is 0.119 e. The average molecular weight is 207 g/mol. The molecule has 1 aromatic carbocycles. The largest absolute Gasteiger partial charge is 0.508 e. The van der Waals surface area contributed by atoms with Gasteiger partial charge in [0.1, 0.15) is 11.5 Å². The van der Waals surface area contributed by atoms with Gasteiger partial charge in [-0.15, -0.1) is 0 Å². The summed E-state index contributed by atoms with van der Waals surface area (Å²) < 4.78 is 0. The van der Waals surface area contributed by atoms with E-state index in [0.717, 1.165) is 11.5 Å². The number of hydrogen-bond donors (Lipinski definition) is 3. The van der Waals surface area contributed by atoms with E-state index in [0.29, 0.717) is 6.04 Å². The zero-order chi connectivity index (χ0) is 11.0. The van der Waals surface area contributed by atoms with Crippen LogP contribution in [0.2, 0.25) is 0 Å². The molecule has 0 heterocycles. The molecule has 3 unspecified atom stereocenters. The molecule has 2 rings (SSSR count). The third-order valence-electron chi connectivity index (χ3n) is 3.00. The van der Waals surface area contributed by atoms with Crippen molar-refractivity contribution in [2.24, 2.45) is 5.92 Å². The Morgan fingerprint density at radius 2 is 1.80 bits per heavy atom. The van der Waals surface area contributed by atoms with Crippen LogP contribution in [0.5, 0.6) is 11.5 Å². The van der Waals surface area contributed by atoms with Crippen LogP contribution in [0.25, 0.3) is 0 Å². The van der Waals surface area contributed by atoms with E-state index < -0.39 is 0 Å². The Balaban J connectivity index is 2.07. The summed E-state index contributed by atoms with van der Waals surface area (Å²) in [6.07, 6.45) is 1.22. The molecular formula is C12H17NO2. The van der Waals surface area contributed by atoms with Crippen LogP contribution in [0.15, 0.2) is 18.2 Å². The summed E-state index contributed by atoms with van der Waals surface area (Å²) in [5.74, 6) is 0.975. The number of rotatable bonds is 3. The summed E-state index contributed by atoms with van der Waals surface area (Å²) in [7, 11) is 0. The molecule has 82 valence electrons. The van der Waals surface area contributed by atoms with Gasteiger partial charge in [0.05, 0.1) is 0 Å².